The summed E-state index contributed by atoms with van der Waals surface area (Å²) in [6, 6.07) is 14.2. The molecule has 7 nitrogen and oxygen atoms in total. The van der Waals surface area contributed by atoms with Gasteiger partial charge in [-0.1, -0.05) is 12.1 Å². The molecule has 0 saturated heterocycles. The molecule has 0 bridgehead atoms. The highest BCUT2D eigenvalue weighted by Crippen LogP contribution is 2.13. The Labute approximate surface area is 144 Å². The summed E-state index contributed by atoms with van der Waals surface area (Å²) in [6.45, 7) is 2.30. The molecular formula is C18H18N4O3. The molecular weight excluding hydrogens is 320 g/mol. The Kier molecular flexibility index (Phi) is 4.94. The number of fused-ring (bicyclic) bond motifs is 1. The summed E-state index contributed by atoms with van der Waals surface area (Å²) in [5, 5.41) is 5.19. The number of hydrogen-bond donors (Lipinski definition) is 3. The van der Waals surface area contributed by atoms with E-state index < -0.39 is 0 Å². The van der Waals surface area contributed by atoms with Gasteiger partial charge < -0.3 is 15.0 Å². The number of anilines is 1. The summed E-state index contributed by atoms with van der Waals surface area (Å²) in [4.78, 5) is 31.3. The number of nitrogens with one attached hydrogen (secondary N) is 3. The van der Waals surface area contributed by atoms with Crippen LogP contribution in [0, 0.1) is 0 Å². The molecule has 3 rings (SSSR count). The molecule has 0 aliphatic carbocycles. The van der Waals surface area contributed by atoms with E-state index in [4.69, 9.17) is 4.74 Å². The third-order valence-corrected chi connectivity index (χ3v) is 3.48. The number of amides is 2. The van der Waals surface area contributed by atoms with Crippen molar-refractivity contribution in [1.82, 2.24) is 15.3 Å². The van der Waals surface area contributed by atoms with Crippen LogP contribution in [-0.2, 0) is 4.79 Å². The molecule has 0 radical (unpaired) electrons. The van der Waals surface area contributed by atoms with E-state index >= 15 is 0 Å². The molecule has 0 fully saturated rings. The fourth-order valence-corrected chi connectivity index (χ4v) is 2.32. The molecule has 128 valence electrons. The van der Waals surface area contributed by atoms with Crippen LogP contribution in [0.15, 0.2) is 48.5 Å². The Morgan fingerprint density at radius 1 is 1.12 bits per heavy atom. The molecule has 1 aromatic heterocycles. The first-order chi connectivity index (χ1) is 12.2. The maximum Gasteiger partial charge on any atom is 0.251 e. The van der Waals surface area contributed by atoms with E-state index in [9.17, 15) is 9.59 Å². The van der Waals surface area contributed by atoms with Crippen LogP contribution in [-0.4, -0.2) is 34.9 Å². The lowest BCUT2D eigenvalue weighted by Crippen LogP contribution is -2.33. The average Bonchev–Trinajstić information content (AvgIpc) is 3.02. The number of imidazole rings is 1. The number of rotatable bonds is 6. The Morgan fingerprint density at radius 3 is 2.60 bits per heavy atom. The van der Waals surface area contributed by atoms with Crippen molar-refractivity contribution in [3.05, 3.63) is 54.1 Å². The van der Waals surface area contributed by atoms with Crippen LogP contribution in [0.2, 0.25) is 0 Å². The molecule has 7 heteroatoms. The number of hydrogen-bond acceptors (Lipinski definition) is 4. The van der Waals surface area contributed by atoms with Gasteiger partial charge in [0.25, 0.3) is 5.91 Å². The SMILES string of the molecule is CCOc1ccc(C(=O)NCC(=O)Nc2nc3ccccc3[nH]2)cc1. The summed E-state index contributed by atoms with van der Waals surface area (Å²) < 4.78 is 5.32. The number of benzene rings is 2. The van der Waals surface area contributed by atoms with Gasteiger partial charge in [0.15, 0.2) is 0 Å². The molecule has 3 aromatic rings. The molecule has 0 aliphatic heterocycles. The minimum absolute atomic E-state index is 0.150. The standard InChI is InChI=1S/C18H18N4O3/c1-2-25-13-9-7-12(8-10-13)17(24)19-11-16(23)22-18-20-14-5-3-4-6-15(14)21-18/h3-10H,2,11H2,1H3,(H,19,24)(H2,20,21,22,23). The van der Waals surface area contributed by atoms with Crippen molar-refractivity contribution in [1.29, 1.82) is 0 Å². The van der Waals surface area contributed by atoms with E-state index in [0.29, 0.717) is 23.9 Å². The van der Waals surface area contributed by atoms with E-state index in [1.807, 2.05) is 31.2 Å². The van der Waals surface area contributed by atoms with Gasteiger partial charge in [0.2, 0.25) is 11.9 Å². The smallest absolute Gasteiger partial charge is 0.251 e. The number of aromatic nitrogens is 2. The maximum absolute atomic E-state index is 12.1. The van der Waals surface area contributed by atoms with Crippen molar-refractivity contribution in [2.24, 2.45) is 0 Å². The first kappa shape index (κ1) is 16.5. The Bertz CT molecular complexity index is 854. The molecule has 2 amide bonds. The number of carbonyl (C=O) groups excluding carboxylic acids is 2. The highest BCUT2D eigenvalue weighted by atomic mass is 16.5. The molecule has 25 heavy (non-hydrogen) atoms. The zero-order valence-corrected chi connectivity index (χ0v) is 13.7. The van der Waals surface area contributed by atoms with Crippen LogP contribution < -0.4 is 15.4 Å². The largest absolute Gasteiger partial charge is 0.494 e. The van der Waals surface area contributed by atoms with Crippen LogP contribution in [0.4, 0.5) is 5.95 Å². The van der Waals surface area contributed by atoms with Crippen LogP contribution in [0.25, 0.3) is 11.0 Å². The number of aromatic amines is 1. The quantitative estimate of drug-likeness (QED) is 0.643. The second-order valence-electron chi connectivity index (χ2n) is 5.29. The van der Waals surface area contributed by atoms with E-state index in [2.05, 4.69) is 20.6 Å². The van der Waals surface area contributed by atoms with Gasteiger partial charge in [-0.15, -0.1) is 0 Å². The van der Waals surface area contributed by atoms with Crippen molar-refractivity contribution in [3.63, 3.8) is 0 Å². The summed E-state index contributed by atoms with van der Waals surface area (Å²) in [5.41, 5.74) is 2.05. The predicted octanol–water partition coefficient (Wildman–Crippen LogP) is 2.33. The van der Waals surface area contributed by atoms with Crippen molar-refractivity contribution < 1.29 is 14.3 Å². The predicted molar refractivity (Wildman–Crippen MR) is 94.7 cm³/mol. The lowest BCUT2D eigenvalue weighted by Gasteiger charge is -2.06. The first-order valence-electron chi connectivity index (χ1n) is 7.91. The van der Waals surface area contributed by atoms with Crippen LogP contribution >= 0.6 is 0 Å². The Morgan fingerprint density at radius 2 is 1.88 bits per heavy atom. The average molecular weight is 338 g/mol. The lowest BCUT2D eigenvalue weighted by molar-refractivity contribution is -0.115. The molecule has 2 aromatic carbocycles. The molecule has 3 N–H and O–H groups in total. The summed E-state index contributed by atoms with van der Waals surface area (Å²) in [6.07, 6.45) is 0. The van der Waals surface area contributed by atoms with Gasteiger partial charge >= 0.3 is 0 Å². The molecule has 0 atom stereocenters. The lowest BCUT2D eigenvalue weighted by atomic mass is 10.2. The number of nitrogens with zero attached hydrogens (tertiary/aromatic N) is 1. The van der Waals surface area contributed by atoms with Crippen molar-refractivity contribution >= 4 is 28.8 Å². The molecule has 0 unspecified atom stereocenters. The van der Waals surface area contributed by atoms with Gasteiger partial charge in [-0.25, -0.2) is 4.98 Å². The van der Waals surface area contributed by atoms with Gasteiger partial charge in [0.1, 0.15) is 5.75 Å². The van der Waals surface area contributed by atoms with Crippen molar-refractivity contribution in [3.8, 4) is 5.75 Å². The minimum Gasteiger partial charge on any atom is -0.494 e. The van der Waals surface area contributed by atoms with Gasteiger partial charge in [0, 0.05) is 5.56 Å². The molecule has 0 aliphatic rings. The van der Waals surface area contributed by atoms with Gasteiger partial charge in [0.05, 0.1) is 24.2 Å². The third-order valence-electron chi connectivity index (χ3n) is 3.48. The summed E-state index contributed by atoms with van der Waals surface area (Å²) >= 11 is 0. The van der Waals surface area contributed by atoms with Gasteiger partial charge in [-0.3, -0.25) is 14.9 Å². The third kappa shape index (κ3) is 4.14. The fraction of sp³-hybridized carbons (Fsp3) is 0.167. The highest BCUT2D eigenvalue weighted by Gasteiger charge is 2.10. The maximum atomic E-state index is 12.1. The minimum atomic E-state index is -0.363. The second-order valence-corrected chi connectivity index (χ2v) is 5.29. The molecule has 0 spiro atoms. The zero-order valence-electron chi connectivity index (χ0n) is 13.7. The van der Waals surface area contributed by atoms with Crippen molar-refractivity contribution in [2.45, 2.75) is 6.92 Å². The normalized spacial score (nSPS) is 10.4. The van der Waals surface area contributed by atoms with Crippen LogP contribution in [0.3, 0.4) is 0 Å². The van der Waals surface area contributed by atoms with Crippen LogP contribution in [0.5, 0.6) is 5.75 Å². The van der Waals surface area contributed by atoms with Crippen LogP contribution in [0.1, 0.15) is 17.3 Å². The Balaban J connectivity index is 1.53. The molecule has 1 heterocycles. The monoisotopic (exact) mass is 338 g/mol. The number of H-pyrrole nitrogens is 1. The number of para-hydroxylation sites is 2. The van der Waals surface area contributed by atoms with E-state index in [0.717, 1.165) is 11.0 Å². The fourth-order valence-electron chi connectivity index (χ4n) is 2.32. The second kappa shape index (κ2) is 7.48. The number of carbonyl (C=O) groups is 2. The first-order valence-corrected chi connectivity index (χ1v) is 7.91. The number of ether oxygens (including phenoxy) is 1. The van der Waals surface area contributed by atoms with E-state index in [1.54, 1.807) is 24.3 Å². The Hall–Kier alpha value is -3.35. The highest BCUT2D eigenvalue weighted by molar-refractivity contribution is 5.99. The summed E-state index contributed by atoms with van der Waals surface area (Å²) in [5.74, 6) is 0.351. The zero-order chi connectivity index (χ0) is 17.6. The molecule has 0 saturated carbocycles. The van der Waals surface area contributed by atoms with Crippen molar-refractivity contribution in [2.75, 3.05) is 18.5 Å². The topological polar surface area (TPSA) is 96.1 Å². The van der Waals surface area contributed by atoms with E-state index in [1.165, 1.54) is 0 Å². The van der Waals surface area contributed by atoms with Gasteiger partial charge in [-0.2, -0.15) is 0 Å². The van der Waals surface area contributed by atoms with Gasteiger partial charge in [-0.05, 0) is 43.3 Å². The van der Waals surface area contributed by atoms with E-state index in [-0.39, 0.29) is 18.4 Å². The summed E-state index contributed by atoms with van der Waals surface area (Å²) in [7, 11) is 0.